The zero-order valence-electron chi connectivity index (χ0n) is 20.0. The van der Waals surface area contributed by atoms with Gasteiger partial charge in [0.1, 0.15) is 0 Å². The van der Waals surface area contributed by atoms with E-state index in [1.807, 2.05) is 30.3 Å². The molecule has 0 heterocycles. The van der Waals surface area contributed by atoms with E-state index in [1.54, 1.807) is 30.3 Å². The monoisotopic (exact) mass is 487 g/mol. The van der Waals surface area contributed by atoms with Crippen LogP contribution in [0.15, 0.2) is 71.7 Å². The third-order valence-electron chi connectivity index (χ3n) is 5.63. The van der Waals surface area contributed by atoms with Crippen molar-refractivity contribution in [1.82, 2.24) is 5.32 Å². The summed E-state index contributed by atoms with van der Waals surface area (Å²) in [5.74, 6) is -2.47. The van der Waals surface area contributed by atoms with Crippen LogP contribution in [0.3, 0.4) is 0 Å². The number of benzene rings is 3. The number of ketones is 2. The Bertz CT molecular complexity index is 1310. The molecule has 36 heavy (non-hydrogen) atoms. The zero-order chi connectivity index (χ0) is 26.1. The first kappa shape index (κ1) is 26.1. The van der Waals surface area contributed by atoms with Gasteiger partial charge in [-0.25, -0.2) is 0 Å². The number of fused-ring (bicyclic) bond motifs is 1. The average molecular weight is 488 g/mol. The lowest BCUT2D eigenvalue weighted by Crippen LogP contribution is -2.43. The summed E-state index contributed by atoms with van der Waals surface area (Å²) in [6, 6.07) is 18.4. The highest BCUT2D eigenvalue weighted by Crippen LogP contribution is 2.20. The van der Waals surface area contributed by atoms with Crippen molar-refractivity contribution in [3.8, 4) is 0 Å². The van der Waals surface area contributed by atoms with E-state index in [4.69, 9.17) is 11.5 Å². The van der Waals surface area contributed by atoms with Crippen LogP contribution in [0.5, 0.6) is 0 Å². The number of guanidine groups is 1. The highest BCUT2D eigenvalue weighted by molar-refractivity contribution is 6.44. The minimum atomic E-state index is -0.924. The highest BCUT2D eigenvalue weighted by atomic mass is 16.2. The first-order valence-corrected chi connectivity index (χ1v) is 11.6. The topological polar surface area (TPSA) is 157 Å². The van der Waals surface area contributed by atoms with Gasteiger partial charge in [0.05, 0.1) is 17.3 Å². The van der Waals surface area contributed by atoms with E-state index in [-0.39, 0.29) is 23.0 Å². The number of hydrogen-bond donors (Lipinski definition) is 4. The molecule has 3 aromatic rings. The van der Waals surface area contributed by atoms with E-state index >= 15 is 0 Å². The molecule has 9 heteroatoms. The Kier molecular flexibility index (Phi) is 8.88. The number of hydrogen-bond acceptors (Lipinski definition) is 5. The number of amides is 2. The third-order valence-corrected chi connectivity index (χ3v) is 5.63. The first-order chi connectivity index (χ1) is 17.3. The van der Waals surface area contributed by atoms with Crippen molar-refractivity contribution < 1.29 is 19.2 Å². The summed E-state index contributed by atoms with van der Waals surface area (Å²) in [6.07, 6.45) is 1.54. The number of nitrogens with zero attached hydrogens (tertiary/aromatic N) is 1. The number of carbonyl (C=O) groups is 4. The molecule has 3 aromatic carbocycles. The van der Waals surface area contributed by atoms with Gasteiger partial charge in [-0.15, -0.1) is 0 Å². The van der Waals surface area contributed by atoms with Gasteiger partial charge < -0.3 is 22.1 Å². The van der Waals surface area contributed by atoms with E-state index in [2.05, 4.69) is 15.6 Å². The van der Waals surface area contributed by atoms with Crippen molar-refractivity contribution >= 4 is 45.8 Å². The minimum Gasteiger partial charge on any atom is -0.370 e. The summed E-state index contributed by atoms with van der Waals surface area (Å²) < 4.78 is 0. The molecule has 0 spiro atoms. The maximum Gasteiger partial charge on any atom is 0.293 e. The number of anilines is 1. The second kappa shape index (κ2) is 12.3. The highest BCUT2D eigenvalue weighted by Gasteiger charge is 2.25. The molecule has 0 aliphatic heterocycles. The van der Waals surface area contributed by atoms with E-state index in [0.717, 1.165) is 10.8 Å². The maximum absolute atomic E-state index is 12.9. The van der Waals surface area contributed by atoms with Gasteiger partial charge in [-0.2, -0.15) is 0 Å². The Morgan fingerprint density at radius 3 is 2.31 bits per heavy atom. The largest absolute Gasteiger partial charge is 0.370 e. The SMILES string of the molecule is CC(=O)C(CCCCN=C(N)N)NC(=O)C(=O)c1ccccc1NC(=O)c1ccc2ccccc2c1. The first-order valence-electron chi connectivity index (χ1n) is 11.6. The molecule has 1 atom stereocenters. The number of rotatable bonds is 11. The number of Topliss-reactive ketones (excluding diaryl/α,β-unsaturated/α-hetero) is 2. The molecule has 186 valence electrons. The smallest absolute Gasteiger partial charge is 0.293 e. The molecule has 0 saturated heterocycles. The van der Waals surface area contributed by atoms with Crippen LogP contribution in [0, 0.1) is 0 Å². The van der Waals surface area contributed by atoms with Crippen LogP contribution in [-0.2, 0) is 9.59 Å². The van der Waals surface area contributed by atoms with E-state index < -0.39 is 23.6 Å². The van der Waals surface area contributed by atoms with Crippen molar-refractivity contribution in [2.75, 3.05) is 11.9 Å². The Labute approximate surface area is 209 Å². The van der Waals surface area contributed by atoms with Crippen molar-refractivity contribution in [3.05, 3.63) is 77.9 Å². The lowest BCUT2D eigenvalue weighted by molar-refractivity contribution is -0.124. The number of carbonyl (C=O) groups excluding carboxylic acids is 4. The second-order valence-electron chi connectivity index (χ2n) is 8.33. The Morgan fingerprint density at radius 2 is 1.58 bits per heavy atom. The Hall–Kier alpha value is -4.53. The van der Waals surface area contributed by atoms with Crippen molar-refractivity contribution in [1.29, 1.82) is 0 Å². The second-order valence-corrected chi connectivity index (χ2v) is 8.33. The van der Waals surface area contributed by atoms with Gasteiger partial charge in [0.25, 0.3) is 17.6 Å². The Balaban J connectivity index is 1.68. The summed E-state index contributed by atoms with van der Waals surface area (Å²) in [5.41, 5.74) is 11.2. The van der Waals surface area contributed by atoms with E-state index in [9.17, 15) is 19.2 Å². The van der Waals surface area contributed by atoms with Crippen LogP contribution >= 0.6 is 0 Å². The van der Waals surface area contributed by atoms with Crippen LogP contribution < -0.4 is 22.1 Å². The standard InChI is InChI=1S/C27H29N5O4/c1-17(33)22(11-6-7-15-30-27(28)29)31-26(36)24(34)21-10-4-5-12-23(21)32-25(35)20-14-13-18-8-2-3-9-19(18)16-20/h2-5,8-10,12-14,16,22H,6-7,11,15H2,1H3,(H,31,36)(H,32,35)(H4,28,29,30). The van der Waals surface area contributed by atoms with Crippen LogP contribution in [0.1, 0.15) is 46.9 Å². The third kappa shape index (κ3) is 6.99. The molecule has 0 saturated carbocycles. The summed E-state index contributed by atoms with van der Waals surface area (Å²) in [4.78, 5) is 54.4. The minimum absolute atomic E-state index is 0.0108. The normalized spacial score (nSPS) is 11.4. The van der Waals surface area contributed by atoms with Crippen LogP contribution in [0.4, 0.5) is 5.69 Å². The number of nitrogens with two attached hydrogens (primary N) is 2. The summed E-state index contributed by atoms with van der Waals surface area (Å²) in [6.45, 7) is 1.76. The number of aliphatic imine (C=N–C) groups is 1. The van der Waals surface area contributed by atoms with Crippen molar-refractivity contribution in [2.45, 2.75) is 32.2 Å². The van der Waals surface area contributed by atoms with Gasteiger partial charge in [-0.05, 0) is 61.2 Å². The number of nitrogens with one attached hydrogen (secondary N) is 2. The predicted octanol–water partition coefficient (Wildman–Crippen LogP) is 2.79. The fourth-order valence-corrected chi connectivity index (χ4v) is 3.71. The Morgan fingerprint density at radius 1 is 0.889 bits per heavy atom. The maximum atomic E-state index is 12.9. The molecule has 1 unspecified atom stereocenters. The molecule has 0 aromatic heterocycles. The van der Waals surface area contributed by atoms with Gasteiger partial charge in [0.2, 0.25) is 0 Å². The molecule has 2 amide bonds. The van der Waals surface area contributed by atoms with Crippen LogP contribution in [0.25, 0.3) is 10.8 Å². The lowest BCUT2D eigenvalue weighted by Gasteiger charge is -2.16. The van der Waals surface area contributed by atoms with Crippen molar-refractivity contribution in [2.24, 2.45) is 16.5 Å². The molecular weight excluding hydrogens is 458 g/mol. The van der Waals surface area contributed by atoms with Crippen LogP contribution in [0.2, 0.25) is 0 Å². The molecule has 6 N–H and O–H groups in total. The summed E-state index contributed by atoms with van der Waals surface area (Å²) in [5, 5.41) is 7.13. The van der Waals surface area contributed by atoms with Gasteiger partial charge in [0, 0.05) is 12.1 Å². The molecule has 0 bridgehead atoms. The predicted molar refractivity (Wildman–Crippen MR) is 140 cm³/mol. The molecule has 0 fully saturated rings. The fourth-order valence-electron chi connectivity index (χ4n) is 3.71. The molecule has 0 radical (unpaired) electrons. The number of para-hydroxylation sites is 1. The van der Waals surface area contributed by atoms with Gasteiger partial charge in [-0.3, -0.25) is 24.2 Å². The van der Waals surface area contributed by atoms with Gasteiger partial charge in [0.15, 0.2) is 11.7 Å². The van der Waals surface area contributed by atoms with E-state index in [1.165, 1.54) is 13.0 Å². The number of unbranched alkanes of at least 4 members (excludes halogenated alkanes) is 1. The van der Waals surface area contributed by atoms with Crippen LogP contribution in [-0.4, -0.2) is 41.9 Å². The molecule has 0 aliphatic carbocycles. The lowest BCUT2D eigenvalue weighted by atomic mass is 10.0. The van der Waals surface area contributed by atoms with Crippen molar-refractivity contribution in [3.63, 3.8) is 0 Å². The molecule has 3 rings (SSSR count). The quantitative estimate of drug-likeness (QED) is 0.107. The van der Waals surface area contributed by atoms with Gasteiger partial charge >= 0.3 is 0 Å². The fraction of sp³-hybridized carbons (Fsp3) is 0.222. The zero-order valence-corrected chi connectivity index (χ0v) is 20.0. The van der Waals surface area contributed by atoms with E-state index in [0.29, 0.717) is 31.4 Å². The summed E-state index contributed by atoms with van der Waals surface area (Å²) >= 11 is 0. The van der Waals surface area contributed by atoms with Gasteiger partial charge in [-0.1, -0.05) is 42.5 Å². The molecule has 9 nitrogen and oxygen atoms in total. The average Bonchev–Trinajstić information content (AvgIpc) is 2.87. The molecular formula is C27H29N5O4. The summed E-state index contributed by atoms with van der Waals surface area (Å²) in [7, 11) is 0. The molecule has 0 aliphatic rings.